The van der Waals surface area contributed by atoms with Gasteiger partial charge in [0.2, 0.25) is 5.91 Å². The molecule has 0 unspecified atom stereocenters. The highest BCUT2D eigenvalue weighted by molar-refractivity contribution is 6.20. The van der Waals surface area contributed by atoms with Gasteiger partial charge in [-0.15, -0.1) is 11.6 Å². The first-order valence-corrected chi connectivity index (χ1v) is 6.74. The van der Waals surface area contributed by atoms with Crippen molar-refractivity contribution in [2.45, 2.75) is 25.5 Å². The summed E-state index contributed by atoms with van der Waals surface area (Å²) in [4.78, 5) is 13.9. The Morgan fingerprint density at radius 3 is 2.53 bits per heavy atom. The van der Waals surface area contributed by atoms with Crippen LogP contribution in [-0.2, 0) is 4.79 Å². The van der Waals surface area contributed by atoms with Gasteiger partial charge in [0, 0.05) is 11.6 Å². The van der Waals surface area contributed by atoms with E-state index in [0.717, 1.165) is 0 Å². The fourth-order valence-corrected chi connectivity index (χ4v) is 2.82. The van der Waals surface area contributed by atoms with E-state index in [9.17, 15) is 9.90 Å². The number of aliphatic hydroxyl groups is 1. The normalized spacial score (nSPS) is 26.5. The average molecular weight is 279 g/mol. The monoisotopic (exact) mass is 278 g/mol. The number of benzene rings is 1. The second kappa shape index (κ2) is 5.60. The highest BCUT2D eigenvalue weighted by Gasteiger charge is 2.46. The van der Waals surface area contributed by atoms with E-state index < -0.39 is 12.0 Å². The highest BCUT2D eigenvalue weighted by Crippen LogP contribution is 2.33. The molecule has 1 aromatic carbocycles. The van der Waals surface area contributed by atoms with Crippen LogP contribution in [0.15, 0.2) is 24.3 Å². The van der Waals surface area contributed by atoms with Gasteiger partial charge < -0.3 is 10.0 Å². The van der Waals surface area contributed by atoms with Crippen LogP contribution < -0.4 is 4.90 Å². The fraction of sp³-hybridized carbons (Fsp3) is 0.429. The van der Waals surface area contributed by atoms with Crippen LogP contribution in [0.5, 0.6) is 0 Å². The quantitative estimate of drug-likeness (QED) is 0.859. The predicted molar refractivity (Wildman–Crippen MR) is 72.9 cm³/mol. The lowest BCUT2D eigenvalue weighted by Gasteiger charge is -2.25. The van der Waals surface area contributed by atoms with E-state index in [2.05, 4.69) is 0 Å². The van der Waals surface area contributed by atoms with Crippen LogP contribution in [0.1, 0.15) is 18.9 Å². The van der Waals surface area contributed by atoms with Gasteiger partial charge in [0.1, 0.15) is 0 Å². The van der Waals surface area contributed by atoms with Crippen molar-refractivity contribution in [3.63, 3.8) is 0 Å². The lowest BCUT2D eigenvalue weighted by atomic mass is 10.0. The minimum Gasteiger partial charge on any atom is -0.390 e. The van der Waals surface area contributed by atoms with Gasteiger partial charge in [0.25, 0.3) is 0 Å². The summed E-state index contributed by atoms with van der Waals surface area (Å²) in [6.07, 6.45) is -0.0917. The maximum absolute atomic E-state index is 12.3. The van der Waals surface area contributed by atoms with E-state index in [1.54, 1.807) is 29.2 Å². The van der Waals surface area contributed by atoms with Crippen LogP contribution >= 0.6 is 11.6 Å². The Bertz CT molecular complexity index is 509. The van der Waals surface area contributed by atoms with E-state index in [-0.39, 0.29) is 17.8 Å². The number of nitrogens with zero attached hydrogens (tertiary/aromatic N) is 2. The first-order valence-electron chi connectivity index (χ1n) is 6.21. The number of hydrogen-bond acceptors (Lipinski definition) is 3. The van der Waals surface area contributed by atoms with Crippen molar-refractivity contribution in [2.75, 3.05) is 10.8 Å². The Balaban J connectivity index is 2.36. The fourth-order valence-electron chi connectivity index (χ4n) is 2.51. The predicted octanol–water partition coefficient (Wildman–Crippen LogP) is 1.90. The number of amides is 1. The number of hydrogen-bond donors (Lipinski definition) is 1. The molecule has 1 aliphatic rings. The molecule has 3 atom stereocenters. The molecule has 0 aliphatic carbocycles. The molecule has 0 bridgehead atoms. The number of rotatable bonds is 3. The van der Waals surface area contributed by atoms with Crippen LogP contribution in [-0.4, -0.2) is 29.0 Å². The molecule has 19 heavy (non-hydrogen) atoms. The minimum atomic E-state index is -0.745. The van der Waals surface area contributed by atoms with Crippen molar-refractivity contribution in [2.24, 2.45) is 5.92 Å². The third-order valence-corrected chi connectivity index (χ3v) is 3.88. The van der Waals surface area contributed by atoms with Crippen molar-refractivity contribution in [1.82, 2.24) is 0 Å². The molecule has 4 nitrogen and oxygen atoms in total. The molecular weight excluding hydrogens is 264 g/mol. The SMILES string of the molecule is CC[C@H]1[C@@H](O)[C@H](CCl)C(=O)N1c1ccc(C#N)cc1. The molecule has 0 spiro atoms. The molecule has 1 heterocycles. The summed E-state index contributed by atoms with van der Waals surface area (Å²) >= 11 is 5.77. The summed E-state index contributed by atoms with van der Waals surface area (Å²) in [6.45, 7) is 1.93. The van der Waals surface area contributed by atoms with Crippen LogP contribution in [0.2, 0.25) is 0 Å². The Hall–Kier alpha value is -1.57. The number of anilines is 1. The van der Waals surface area contributed by atoms with E-state index in [1.165, 1.54) is 0 Å². The summed E-state index contributed by atoms with van der Waals surface area (Å²) in [5.74, 6) is -0.593. The van der Waals surface area contributed by atoms with E-state index in [0.29, 0.717) is 17.7 Å². The van der Waals surface area contributed by atoms with Gasteiger partial charge in [-0.3, -0.25) is 4.79 Å². The summed E-state index contributed by atoms with van der Waals surface area (Å²) in [5.41, 5.74) is 1.24. The highest BCUT2D eigenvalue weighted by atomic mass is 35.5. The smallest absolute Gasteiger partial charge is 0.234 e. The van der Waals surface area contributed by atoms with Crippen molar-refractivity contribution in [3.05, 3.63) is 29.8 Å². The van der Waals surface area contributed by atoms with Crippen molar-refractivity contribution in [3.8, 4) is 6.07 Å². The van der Waals surface area contributed by atoms with Gasteiger partial charge in [-0.25, -0.2) is 0 Å². The van der Waals surface area contributed by atoms with Crippen LogP contribution in [0, 0.1) is 17.2 Å². The molecule has 1 aliphatic heterocycles. The Morgan fingerprint density at radius 1 is 1.42 bits per heavy atom. The van der Waals surface area contributed by atoms with Crippen LogP contribution in [0.25, 0.3) is 0 Å². The Morgan fingerprint density at radius 2 is 2.05 bits per heavy atom. The standard InChI is InChI=1S/C14H15ClN2O2/c1-2-12-13(18)11(7-15)14(19)17(12)10-5-3-9(8-16)4-6-10/h3-6,11-13,18H,2,7H2,1H3/t11-,12-,13-/m0/s1. The first kappa shape index (κ1) is 13.9. The molecule has 1 saturated heterocycles. The minimum absolute atomic E-state index is 0.114. The lowest BCUT2D eigenvalue weighted by molar-refractivity contribution is -0.121. The van der Waals surface area contributed by atoms with E-state index in [1.807, 2.05) is 13.0 Å². The zero-order valence-corrected chi connectivity index (χ0v) is 11.3. The number of alkyl halides is 1. The molecule has 0 aromatic heterocycles. The second-order valence-corrected chi connectivity index (χ2v) is 4.90. The Kier molecular flexibility index (Phi) is 4.08. The number of halogens is 1. The van der Waals surface area contributed by atoms with Crippen molar-refractivity contribution >= 4 is 23.2 Å². The largest absolute Gasteiger partial charge is 0.390 e. The van der Waals surface area contributed by atoms with Gasteiger partial charge in [-0.2, -0.15) is 5.26 Å². The second-order valence-electron chi connectivity index (χ2n) is 4.59. The molecule has 5 heteroatoms. The number of nitriles is 1. The van der Waals surface area contributed by atoms with Gasteiger partial charge in [0.15, 0.2) is 0 Å². The molecule has 1 aromatic rings. The number of aliphatic hydroxyl groups excluding tert-OH is 1. The van der Waals surface area contributed by atoms with E-state index in [4.69, 9.17) is 16.9 Å². The first-order chi connectivity index (χ1) is 9.13. The van der Waals surface area contributed by atoms with Crippen molar-refractivity contribution in [1.29, 1.82) is 5.26 Å². The summed E-state index contributed by atoms with van der Waals surface area (Å²) in [7, 11) is 0. The van der Waals surface area contributed by atoms with Gasteiger partial charge in [-0.05, 0) is 30.7 Å². The Labute approximate surface area is 117 Å². The molecular formula is C14H15ClN2O2. The van der Waals surface area contributed by atoms with E-state index >= 15 is 0 Å². The number of carbonyl (C=O) groups excluding carboxylic acids is 1. The summed E-state index contributed by atoms with van der Waals surface area (Å²) < 4.78 is 0. The summed E-state index contributed by atoms with van der Waals surface area (Å²) in [6, 6.07) is 8.55. The van der Waals surface area contributed by atoms with Gasteiger partial charge in [0.05, 0.1) is 29.7 Å². The third-order valence-electron chi connectivity index (χ3n) is 3.55. The molecule has 1 fully saturated rings. The van der Waals surface area contributed by atoms with Crippen LogP contribution in [0.4, 0.5) is 5.69 Å². The molecule has 0 radical (unpaired) electrons. The number of carbonyl (C=O) groups is 1. The molecule has 100 valence electrons. The maximum Gasteiger partial charge on any atom is 0.234 e. The molecule has 0 saturated carbocycles. The van der Waals surface area contributed by atoms with Gasteiger partial charge in [-0.1, -0.05) is 6.92 Å². The lowest BCUT2D eigenvalue weighted by Crippen LogP contribution is -2.36. The third kappa shape index (κ3) is 2.32. The average Bonchev–Trinajstić information content (AvgIpc) is 2.69. The zero-order valence-electron chi connectivity index (χ0n) is 10.6. The maximum atomic E-state index is 12.3. The van der Waals surface area contributed by atoms with Crippen molar-refractivity contribution < 1.29 is 9.90 Å². The van der Waals surface area contributed by atoms with Crippen LogP contribution in [0.3, 0.4) is 0 Å². The zero-order chi connectivity index (χ0) is 14.0. The topological polar surface area (TPSA) is 64.3 Å². The summed E-state index contributed by atoms with van der Waals surface area (Å²) in [5, 5.41) is 18.9. The molecule has 1 amide bonds. The molecule has 1 N–H and O–H groups in total. The van der Waals surface area contributed by atoms with Gasteiger partial charge >= 0.3 is 0 Å². The molecule has 2 rings (SSSR count).